The molecule has 6 heteroatoms. The fourth-order valence-corrected chi connectivity index (χ4v) is 4.24. The van der Waals surface area contributed by atoms with Gasteiger partial charge in [-0.25, -0.2) is 0 Å². The number of nitrogens with one attached hydrogen (secondary N) is 1. The second-order valence-corrected chi connectivity index (χ2v) is 8.29. The molecule has 30 heavy (non-hydrogen) atoms. The number of anilines is 1. The van der Waals surface area contributed by atoms with Crippen molar-refractivity contribution in [1.29, 1.82) is 5.26 Å². The van der Waals surface area contributed by atoms with E-state index in [0.717, 1.165) is 14.5 Å². The van der Waals surface area contributed by atoms with Gasteiger partial charge in [0.1, 0.15) is 24.0 Å². The minimum Gasteiger partial charge on any atom is -0.487 e. The summed E-state index contributed by atoms with van der Waals surface area (Å²) < 4.78 is 7.40. The molecule has 150 valence electrons. The number of nitriles is 1. The van der Waals surface area contributed by atoms with Crippen LogP contribution in [0.1, 0.15) is 16.7 Å². The van der Waals surface area contributed by atoms with Gasteiger partial charge in [-0.3, -0.25) is 4.79 Å². The van der Waals surface area contributed by atoms with Crippen molar-refractivity contribution in [2.45, 2.75) is 13.5 Å². The van der Waals surface area contributed by atoms with Crippen molar-refractivity contribution >= 4 is 49.5 Å². The van der Waals surface area contributed by atoms with Crippen LogP contribution in [0.2, 0.25) is 0 Å². The molecule has 0 bridgehead atoms. The van der Waals surface area contributed by atoms with E-state index in [4.69, 9.17) is 4.74 Å². The van der Waals surface area contributed by atoms with Gasteiger partial charge in [0.25, 0.3) is 5.91 Å². The number of hydrogen-bond donors (Lipinski definition) is 1. The van der Waals surface area contributed by atoms with E-state index in [0.29, 0.717) is 23.6 Å². The van der Waals surface area contributed by atoms with Crippen LogP contribution in [0.5, 0.6) is 5.75 Å². The van der Waals surface area contributed by atoms with E-state index < -0.39 is 5.91 Å². The summed E-state index contributed by atoms with van der Waals surface area (Å²) >= 11 is 7.04. The van der Waals surface area contributed by atoms with Gasteiger partial charge in [0.05, 0.1) is 8.95 Å². The van der Waals surface area contributed by atoms with Crippen molar-refractivity contribution in [3.63, 3.8) is 0 Å². The molecular formula is C24H18Br2N2O2. The van der Waals surface area contributed by atoms with Crippen molar-refractivity contribution in [2.75, 3.05) is 5.32 Å². The Morgan fingerprint density at radius 2 is 1.77 bits per heavy atom. The number of carbonyl (C=O) groups excluding carboxylic acids is 1. The largest absolute Gasteiger partial charge is 0.487 e. The standard InChI is InChI=1S/C24H18Br2N2O2/c1-16-6-5-7-17(10-16)15-30-23-21(25)12-18(13-22(23)26)11-19(14-27)24(29)28-20-8-3-2-4-9-20/h2-13H,15H2,1H3,(H,28,29)/b19-11-. The van der Waals surface area contributed by atoms with Crippen LogP contribution in [-0.2, 0) is 11.4 Å². The molecule has 0 fully saturated rings. The summed E-state index contributed by atoms with van der Waals surface area (Å²) in [5.41, 5.74) is 3.57. The third-order valence-corrected chi connectivity index (χ3v) is 5.37. The molecule has 0 atom stereocenters. The van der Waals surface area contributed by atoms with Crippen LogP contribution in [0.15, 0.2) is 81.2 Å². The Bertz CT molecular complexity index is 1110. The molecule has 0 aliphatic rings. The zero-order chi connectivity index (χ0) is 21.5. The lowest BCUT2D eigenvalue weighted by molar-refractivity contribution is -0.112. The van der Waals surface area contributed by atoms with Crippen molar-refractivity contribution in [3.05, 3.63) is 97.9 Å². The Morgan fingerprint density at radius 3 is 2.40 bits per heavy atom. The van der Waals surface area contributed by atoms with Gasteiger partial charge in [0, 0.05) is 5.69 Å². The summed E-state index contributed by atoms with van der Waals surface area (Å²) in [6.45, 7) is 2.47. The number of ether oxygens (including phenoxy) is 1. The number of amides is 1. The summed E-state index contributed by atoms with van der Waals surface area (Å²) in [6.07, 6.45) is 1.54. The highest BCUT2D eigenvalue weighted by Gasteiger charge is 2.13. The first kappa shape index (κ1) is 21.8. The van der Waals surface area contributed by atoms with E-state index in [1.54, 1.807) is 12.1 Å². The van der Waals surface area contributed by atoms with Gasteiger partial charge < -0.3 is 10.1 Å². The minimum absolute atomic E-state index is 0.00563. The Kier molecular flexibility index (Phi) is 7.45. The Balaban J connectivity index is 1.77. The molecule has 0 unspecified atom stereocenters. The first-order valence-corrected chi connectivity index (χ1v) is 10.7. The summed E-state index contributed by atoms with van der Waals surface area (Å²) in [7, 11) is 0. The Morgan fingerprint density at radius 1 is 1.07 bits per heavy atom. The zero-order valence-electron chi connectivity index (χ0n) is 16.2. The highest BCUT2D eigenvalue weighted by molar-refractivity contribution is 9.11. The monoisotopic (exact) mass is 524 g/mol. The van der Waals surface area contributed by atoms with Crippen LogP contribution in [0, 0.1) is 18.3 Å². The van der Waals surface area contributed by atoms with Gasteiger partial charge in [-0.15, -0.1) is 0 Å². The van der Waals surface area contributed by atoms with E-state index in [1.807, 2.05) is 61.5 Å². The Hall–Kier alpha value is -2.88. The van der Waals surface area contributed by atoms with Gasteiger partial charge in [0.2, 0.25) is 0 Å². The summed E-state index contributed by atoms with van der Waals surface area (Å²) in [5.74, 6) is 0.191. The first-order valence-electron chi connectivity index (χ1n) is 9.12. The number of hydrogen-bond acceptors (Lipinski definition) is 3. The van der Waals surface area contributed by atoms with Crippen molar-refractivity contribution in [2.24, 2.45) is 0 Å². The molecule has 0 aliphatic heterocycles. The number of rotatable bonds is 6. The number of nitrogens with zero attached hydrogens (tertiary/aromatic N) is 1. The lowest BCUT2D eigenvalue weighted by Gasteiger charge is -2.12. The molecule has 0 saturated carbocycles. The third-order valence-electron chi connectivity index (χ3n) is 4.19. The number of halogens is 2. The number of para-hydroxylation sites is 1. The molecule has 0 radical (unpaired) electrons. The quantitative estimate of drug-likeness (QED) is 0.289. The minimum atomic E-state index is -0.462. The van der Waals surface area contributed by atoms with Gasteiger partial charge in [0.15, 0.2) is 0 Å². The van der Waals surface area contributed by atoms with Crippen molar-refractivity contribution < 1.29 is 9.53 Å². The average Bonchev–Trinajstić information content (AvgIpc) is 2.72. The molecule has 0 aliphatic carbocycles. The van der Waals surface area contributed by atoms with Crippen LogP contribution < -0.4 is 10.1 Å². The molecule has 3 aromatic carbocycles. The lowest BCUT2D eigenvalue weighted by Crippen LogP contribution is -2.13. The molecule has 0 spiro atoms. The van der Waals surface area contributed by atoms with Crippen LogP contribution in [-0.4, -0.2) is 5.91 Å². The predicted octanol–water partition coefficient (Wildman–Crippen LogP) is 6.64. The molecular weight excluding hydrogens is 508 g/mol. The molecule has 3 rings (SSSR count). The fourth-order valence-electron chi connectivity index (χ4n) is 2.79. The van der Waals surface area contributed by atoms with Crippen LogP contribution in [0.3, 0.4) is 0 Å². The van der Waals surface area contributed by atoms with E-state index >= 15 is 0 Å². The normalized spacial score (nSPS) is 10.9. The summed E-state index contributed by atoms with van der Waals surface area (Å²) in [4.78, 5) is 12.4. The van der Waals surface area contributed by atoms with E-state index in [9.17, 15) is 10.1 Å². The van der Waals surface area contributed by atoms with Gasteiger partial charge in [-0.2, -0.15) is 5.26 Å². The summed E-state index contributed by atoms with van der Waals surface area (Å²) in [6, 6.07) is 22.7. The van der Waals surface area contributed by atoms with Gasteiger partial charge in [-0.05, 0) is 80.3 Å². The fraction of sp³-hybridized carbons (Fsp3) is 0.0833. The second kappa shape index (κ2) is 10.2. The Labute approximate surface area is 192 Å². The van der Waals surface area contributed by atoms with Crippen molar-refractivity contribution in [3.8, 4) is 11.8 Å². The van der Waals surface area contributed by atoms with Gasteiger partial charge in [-0.1, -0.05) is 48.0 Å². The maximum Gasteiger partial charge on any atom is 0.266 e. The maximum absolute atomic E-state index is 12.4. The second-order valence-electron chi connectivity index (χ2n) is 6.58. The third kappa shape index (κ3) is 5.82. The average molecular weight is 526 g/mol. The van der Waals surface area contributed by atoms with Crippen LogP contribution in [0.4, 0.5) is 5.69 Å². The number of benzene rings is 3. The van der Waals surface area contributed by atoms with E-state index in [2.05, 4.69) is 43.2 Å². The van der Waals surface area contributed by atoms with Crippen LogP contribution >= 0.6 is 31.9 Å². The smallest absolute Gasteiger partial charge is 0.266 e. The first-order chi connectivity index (χ1) is 14.5. The topological polar surface area (TPSA) is 62.1 Å². The molecule has 4 nitrogen and oxygen atoms in total. The lowest BCUT2D eigenvalue weighted by atomic mass is 10.1. The SMILES string of the molecule is Cc1cccc(COc2c(Br)cc(/C=C(/C#N)C(=O)Nc3ccccc3)cc2Br)c1. The van der Waals surface area contributed by atoms with E-state index in [1.165, 1.54) is 11.6 Å². The highest BCUT2D eigenvalue weighted by atomic mass is 79.9. The zero-order valence-corrected chi connectivity index (χ0v) is 19.3. The molecule has 0 heterocycles. The van der Waals surface area contributed by atoms with Crippen LogP contribution in [0.25, 0.3) is 6.08 Å². The van der Waals surface area contributed by atoms with Gasteiger partial charge >= 0.3 is 0 Å². The van der Waals surface area contributed by atoms with Crippen molar-refractivity contribution in [1.82, 2.24) is 0 Å². The number of aryl methyl sites for hydroxylation is 1. The predicted molar refractivity (Wildman–Crippen MR) is 126 cm³/mol. The number of carbonyl (C=O) groups is 1. The highest BCUT2D eigenvalue weighted by Crippen LogP contribution is 2.36. The molecule has 0 aromatic heterocycles. The summed E-state index contributed by atoms with van der Waals surface area (Å²) in [5, 5.41) is 12.2. The molecule has 3 aromatic rings. The molecule has 1 amide bonds. The molecule has 0 saturated heterocycles. The maximum atomic E-state index is 12.4. The molecule has 1 N–H and O–H groups in total. The van der Waals surface area contributed by atoms with E-state index in [-0.39, 0.29) is 5.57 Å².